The molecule has 0 bridgehead atoms. The van der Waals surface area contributed by atoms with Crippen molar-refractivity contribution in [3.63, 3.8) is 0 Å². The molecule has 3 aromatic heterocycles. The van der Waals surface area contributed by atoms with Gasteiger partial charge in [-0.25, -0.2) is 4.98 Å². The molecule has 1 N–H and O–H groups in total. The lowest BCUT2D eigenvalue weighted by Crippen LogP contribution is -2.24. The minimum atomic E-state index is -4.59. The SMILES string of the molecule is Cn1cnnc1-c1cnn(C)c1-c1cc(NCCCCC#N)nc(N2Cc3c(cccc3C(F)(F)F)C2=O)c1. The van der Waals surface area contributed by atoms with Crippen LogP contribution in [0.2, 0.25) is 0 Å². The third-order valence-electron chi connectivity index (χ3n) is 6.55. The van der Waals surface area contributed by atoms with Gasteiger partial charge in [-0.2, -0.15) is 23.5 Å². The van der Waals surface area contributed by atoms with Crippen LogP contribution in [0.25, 0.3) is 22.6 Å². The van der Waals surface area contributed by atoms with Crippen molar-refractivity contribution in [2.45, 2.75) is 32.0 Å². The lowest BCUT2D eigenvalue weighted by Gasteiger charge is -2.19. The predicted molar refractivity (Wildman–Crippen MR) is 136 cm³/mol. The van der Waals surface area contributed by atoms with E-state index in [1.807, 2.05) is 0 Å². The number of alkyl halides is 3. The van der Waals surface area contributed by atoms with E-state index in [0.29, 0.717) is 54.3 Å². The lowest BCUT2D eigenvalue weighted by molar-refractivity contribution is -0.138. The maximum Gasteiger partial charge on any atom is 0.416 e. The molecule has 0 spiro atoms. The van der Waals surface area contributed by atoms with E-state index in [0.717, 1.165) is 6.07 Å². The Hall–Kier alpha value is -4.73. The van der Waals surface area contributed by atoms with Crippen molar-refractivity contribution in [3.05, 3.63) is 59.5 Å². The van der Waals surface area contributed by atoms with E-state index in [9.17, 15) is 18.0 Å². The van der Waals surface area contributed by atoms with Crippen LogP contribution in [0.3, 0.4) is 0 Å². The summed E-state index contributed by atoms with van der Waals surface area (Å²) in [6, 6.07) is 9.19. The molecule has 13 heteroatoms. The van der Waals surface area contributed by atoms with Gasteiger partial charge in [0.05, 0.1) is 35.6 Å². The first kappa shape index (κ1) is 25.9. The van der Waals surface area contributed by atoms with Crippen LogP contribution in [0.15, 0.2) is 42.9 Å². The zero-order valence-electron chi connectivity index (χ0n) is 21.2. The molecule has 0 radical (unpaired) electrons. The number of pyridine rings is 1. The molecule has 1 aliphatic rings. The third-order valence-corrected chi connectivity index (χ3v) is 6.55. The average molecular weight is 536 g/mol. The molecular weight excluding hydrogens is 511 g/mol. The maximum absolute atomic E-state index is 13.7. The molecule has 1 amide bonds. The minimum Gasteiger partial charge on any atom is -0.370 e. The average Bonchev–Trinajstić information content (AvgIpc) is 3.59. The topological polar surface area (TPSA) is 118 Å². The highest BCUT2D eigenvalue weighted by Crippen LogP contribution is 2.40. The summed E-state index contributed by atoms with van der Waals surface area (Å²) in [5.74, 6) is 0.650. The van der Waals surface area contributed by atoms with Crippen molar-refractivity contribution < 1.29 is 18.0 Å². The number of carbonyl (C=O) groups excluding carboxylic acids is 1. The van der Waals surface area contributed by atoms with Crippen molar-refractivity contribution in [1.82, 2.24) is 29.5 Å². The predicted octanol–water partition coefficient (Wildman–Crippen LogP) is 4.56. The summed E-state index contributed by atoms with van der Waals surface area (Å²) in [7, 11) is 3.56. The summed E-state index contributed by atoms with van der Waals surface area (Å²) in [5.41, 5.74) is 1.08. The highest BCUT2D eigenvalue weighted by molar-refractivity contribution is 6.10. The Morgan fingerprint density at radius 3 is 2.69 bits per heavy atom. The number of aryl methyl sites for hydroxylation is 2. The van der Waals surface area contributed by atoms with Crippen molar-refractivity contribution >= 4 is 17.5 Å². The monoisotopic (exact) mass is 535 g/mol. The number of unbranched alkanes of at least 4 members (excludes halogenated alkanes) is 2. The molecule has 0 unspecified atom stereocenters. The molecular formula is C26H24F3N9O. The van der Waals surface area contributed by atoms with E-state index in [1.54, 1.807) is 48.0 Å². The molecule has 1 aromatic carbocycles. The fourth-order valence-corrected chi connectivity index (χ4v) is 4.68. The molecule has 1 aliphatic heterocycles. The normalized spacial score (nSPS) is 13.0. The van der Waals surface area contributed by atoms with E-state index in [2.05, 4.69) is 31.7 Å². The fourth-order valence-electron chi connectivity index (χ4n) is 4.68. The first-order chi connectivity index (χ1) is 18.7. The number of amides is 1. The number of benzene rings is 1. The number of anilines is 2. The van der Waals surface area contributed by atoms with Gasteiger partial charge in [0.2, 0.25) is 0 Å². The summed E-state index contributed by atoms with van der Waals surface area (Å²) in [6.45, 7) is 0.259. The molecule has 0 saturated carbocycles. The number of fused-ring (bicyclic) bond motifs is 1. The van der Waals surface area contributed by atoms with Crippen molar-refractivity contribution in [1.29, 1.82) is 5.26 Å². The molecule has 0 fully saturated rings. The van der Waals surface area contributed by atoms with Crippen LogP contribution in [-0.2, 0) is 26.8 Å². The van der Waals surface area contributed by atoms with Crippen LogP contribution < -0.4 is 10.2 Å². The van der Waals surface area contributed by atoms with Crippen LogP contribution >= 0.6 is 0 Å². The number of halogens is 3. The summed E-state index contributed by atoms with van der Waals surface area (Å²) in [5, 5.41) is 24.5. The standard InChI is InChI=1S/C26H24F3N9O/c1-36-15-32-35-24(36)18-13-33-37(2)23(18)16-11-21(31-10-5-3-4-9-30)34-22(12-16)38-14-19-17(25(38)39)7-6-8-20(19)26(27,28)29/h6-8,11-13,15H,3-5,10,14H2,1-2H3,(H,31,34). The van der Waals surface area contributed by atoms with Gasteiger partial charge in [-0.1, -0.05) is 6.07 Å². The smallest absolute Gasteiger partial charge is 0.370 e. The molecule has 0 aliphatic carbocycles. The zero-order valence-corrected chi connectivity index (χ0v) is 21.2. The molecule has 0 atom stereocenters. The van der Waals surface area contributed by atoms with Crippen LogP contribution in [-0.4, -0.2) is 42.0 Å². The number of nitrogens with one attached hydrogen (secondary N) is 1. The number of aromatic nitrogens is 6. The minimum absolute atomic E-state index is 0.00310. The van der Waals surface area contributed by atoms with Crippen molar-refractivity contribution in [2.24, 2.45) is 14.1 Å². The quantitative estimate of drug-likeness (QED) is 0.329. The number of nitriles is 1. The zero-order chi connectivity index (χ0) is 27.7. The highest BCUT2D eigenvalue weighted by Gasteiger charge is 2.40. The second-order valence-corrected chi connectivity index (χ2v) is 9.16. The van der Waals surface area contributed by atoms with Gasteiger partial charge in [0.1, 0.15) is 18.0 Å². The molecule has 0 saturated heterocycles. The Morgan fingerprint density at radius 2 is 1.97 bits per heavy atom. The first-order valence-corrected chi connectivity index (χ1v) is 12.2. The van der Waals surface area contributed by atoms with E-state index in [4.69, 9.17) is 5.26 Å². The second-order valence-electron chi connectivity index (χ2n) is 9.16. The Kier molecular flexibility index (Phi) is 6.78. The van der Waals surface area contributed by atoms with Crippen LogP contribution in [0.5, 0.6) is 0 Å². The van der Waals surface area contributed by atoms with E-state index >= 15 is 0 Å². The fraction of sp³-hybridized carbons (Fsp3) is 0.308. The van der Waals surface area contributed by atoms with Gasteiger partial charge in [-0.3, -0.25) is 14.4 Å². The number of hydrogen-bond acceptors (Lipinski definition) is 7. The summed E-state index contributed by atoms with van der Waals surface area (Å²) in [6.07, 6.45) is 0.477. The van der Waals surface area contributed by atoms with Gasteiger partial charge < -0.3 is 9.88 Å². The molecule has 4 heterocycles. The lowest BCUT2D eigenvalue weighted by atomic mass is 10.0. The van der Waals surface area contributed by atoms with E-state index in [-0.39, 0.29) is 23.5 Å². The summed E-state index contributed by atoms with van der Waals surface area (Å²) >= 11 is 0. The number of carbonyl (C=O) groups is 1. The Balaban J connectivity index is 1.58. The molecule has 200 valence electrons. The highest BCUT2D eigenvalue weighted by atomic mass is 19.4. The third kappa shape index (κ3) is 4.93. The van der Waals surface area contributed by atoms with Gasteiger partial charge >= 0.3 is 6.18 Å². The number of nitrogens with zero attached hydrogens (tertiary/aromatic N) is 8. The van der Waals surface area contributed by atoms with Crippen molar-refractivity contribution in [3.8, 4) is 28.7 Å². The largest absolute Gasteiger partial charge is 0.416 e. The van der Waals surface area contributed by atoms with Gasteiger partial charge in [0, 0.05) is 38.2 Å². The van der Waals surface area contributed by atoms with Crippen LogP contribution in [0, 0.1) is 11.3 Å². The maximum atomic E-state index is 13.7. The van der Waals surface area contributed by atoms with E-state index < -0.39 is 17.6 Å². The van der Waals surface area contributed by atoms with Gasteiger partial charge in [-0.05, 0) is 42.7 Å². The Bertz CT molecular complexity index is 1580. The molecule has 4 aromatic rings. The molecule has 5 rings (SSSR count). The van der Waals surface area contributed by atoms with Crippen LogP contribution in [0.4, 0.5) is 24.8 Å². The number of rotatable bonds is 8. The van der Waals surface area contributed by atoms with Gasteiger partial charge in [0.25, 0.3) is 5.91 Å². The van der Waals surface area contributed by atoms with Gasteiger partial charge in [-0.15, -0.1) is 10.2 Å². The second kappa shape index (κ2) is 10.2. The molecule has 10 nitrogen and oxygen atoms in total. The molecule has 39 heavy (non-hydrogen) atoms. The van der Waals surface area contributed by atoms with Gasteiger partial charge in [0.15, 0.2) is 5.82 Å². The summed E-state index contributed by atoms with van der Waals surface area (Å²) in [4.78, 5) is 19.2. The first-order valence-electron chi connectivity index (χ1n) is 12.2. The van der Waals surface area contributed by atoms with Crippen molar-refractivity contribution in [2.75, 3.05) is 16.8 Å². The Morgan fingerprint density at radius 1 is 1.15 bits per heavy atom. The van der Waals surface area contributed by atoms with Crippen LogP contribution in [0.1, 0.15) is 40.7 Å². The summed E-state index contributed by atoms with van der Waals surface area (Å²) < 4.78 is 44.5. The Labute approximate surface area is 221 Å². The number of hydrogen-bond donors (Lipinski definition) is 1. The van der Waals surface area contributed by atoms with E-state index in [1.165, 1.54) is 17.0 Å².